The molecule has 0 spiro atoms. The number of ether oxygens (including phenoxy) is 1. The van der Waals surface area contributed by atoms with Crippen molar-refractivity contribution in [1.82, 2.24) is 4.72 Å². The predicted octanol–water partition coefficient (Wildman–Crippen LogP) is 1.74. The average Bonchev–Trinajstić information content (AvgIpc) is 3.10. The van der Waals surface area contributed by atoms with Gasteiger partial charge in [0.05, 0.1) is 6.42 Å². The summed E-state index contributed by atoms with van der Waals surface area (Å²) in [6.45, 7) is -0.660. The van der Waals surface area contributed by atoms with Gasteiger partial charge in [-0.15, -0.1) is 11.3 Å². The van der Waals surface area contributed by atoms with E-state index in [1.165, 1.54) is 30.3 Å². The lowest BCUT2D eigenvalue weighted by atomic mass is 10.3. The number of thiophene rings is 1. The third kappa shape index (κ3) is 6.25. The van der Waals surface area contributed by atoms with Gasteiger partial charge in [0.2, 0.25) is 10.0 Å². The minimum atomic E-state index is -3.64. The van der Waals surface area contributed by atoms with Crippen molar-refractivity contribution in [3.05, 3.63) is 47.6 Å². The van der Waals surface area contributed by atoms with Crippen molar-refractivity contribution < 1.29 is 27.1 Å². The van der Waals surface area contributed by atoms with E-state index in [0.717, 1.165) is 11.3 Å². The third-order valence-electron chi connectivity index (χ3n) is 2.87. The fourth-order valence-corrected chi connectivity index (χ4v) is 3.79. The van der Waals surface area contributed by atoms with E-state index in [2.05, 4.69) is 10.0 Å². The lowest BCUT2D eigenvalue weighted by molar-refractivity contribution is -0.147. The summed E-state index contributed by atoms with van der Waals surface area (Å²) < 4.78 is 43.6. The van der Waals surface area contributed by atoms with Crippen molar-refractivity contribution in [2.45, 2.75) is 10.6 Å². The largest absolute Gasteiger partial charge is 0.456 e. The Bertz CT molecular complexity index is 820. The minimum absolute atomic E-state index is 0.140. The van der Waals surface area contributed by atoms with E-state index < -0.39 is 34.3 Å². The number of hydrogen-bond donors (Lipinski definition) is 2. The first kappa shape index (κ1) is 19.0. The fraction of sp³-hybridized carbons (Fsp3) is 0.200. The lowest BCUT2D eigenvalue weighted by Crippen LogP contribution is -2.27. The summed E-state index contributed by atoms with van der Waals surface area (Å²) in [4.78, 5) is 23.1. The van der Waals surface area contributed by atoms with E-state index in [4.69, 9.17) is 4.74 Å². The van der Waals surface area contributed by atoms with Crippen LogP contribution in [0.25, 0.3) is 0 Å². The molecule has 0 saturated heterocycles. The van der Waals surface area contributed by atoms with E-state index in [1.807, 2.05) is 0 Å². The highest BCUT2D eigenvalue weighted by atomic mass is 32.2. The molecule has 0 saturated carbocycles. The normalized spacial score (nSPS) is 11.1. The van der Waals surface area contributed by atoms with Gasteiger partial charge in [-0.3, -0.25) is 9.59 Å². The van der Waals surface area contributed by atoms with Crippen LogP contribution in [0.4, 0.5) is 10.1 Å². The zero-order chi connectivity index (χ0) is 18.3. The molecule has 25 heavy (non-hydrogen) atoms. The Morgan fingerprint density at radius 2 is 1.88 bits per heavy atom. The number of anilines is 1. The van der Waals surface area contributed by atoms with Crippen LogP contribution in [0.5, 0.6) is 0 Å². The molecule has 2 rings (SSSR count). The zero-order valence-electron chi connectivity index (χ0n) is 12.9. The molecule has 2 aromatic rings. The van der Waals surface area contributed by atoms with Crippen molar-refractivity contribution in [1.29, 1.82) is 0 Å². The lowest BCUT2D eigenvalue weighted by Gasteiger charge is -2.07. The van der Waals surface area contributed by atoms with Crippen LogP contribution in [0.3, 0.4) is 0 Å². The van der Waals surface area contributed by atoms with Gasteiger partial charge in [-0.1, -0.05) is 6.07 Å². The summed E-state index contributed by atoms with van der Waals surface area (Å²) in [5, 5.41) is 4.06. The molecule has 0 bridgehead atoms. The summed E-state index contributed by atoms with van der Waals surface area (Å²) in [6, 6.07) is 8.16. The summed E-state index contributed by atoms with van der Waals surface area (Å²) in [5.41, 5.74) is 0.367. The van der Waals surface area contributed by atoms with Crippen LogP contribution < -0.4 is 10.0 Å². The first-order valence-corrected chi connectivity index (χ1v) is 9.47. The minimum Gasteiger partial charge on any atom is -0.456 e. The molecule has 1 aromatic carbocycles. The summed E-state index contributed by atoms with van der Waals surface area (Å²) in [5.74, 6) is -1.74. The van der Waals surface area contributed by atoms with Gasteiger partial charge in [0.15, 0.2) is 6.61 Å². The summed E-state index contributed by atoms with van der Waals surface area (Å²) >= 11 is 1.06. The maximum atomic E-state index is 12.7. The third-order valence-corrected chi connectivity index (χ3v) is 5.73. The van der Waals surface area contributed by atoms with Gasteiger partial charge in [0, 0.05) is 12.2 Å². The van der Waals surface area contributed by atoms with E-state index in [-0.39, 0.29) is 17.2 Å². The molecule has 10 heteroatoms. The van der Waals surface area contributed by atoms with Gasteiger partial charge in [-0.25, -0.2) is 17.5 Å². The fourth-order valence-electron chi connectivity index (χ4n) is 1.72. The number of carbonyl (C=O) groups excluding carboxylic acids is 2. The van der Waals surface area contributed by atoms with Gasteiger partial charge in [-0.2, -0.15) is 0 Å². The predicted molar refractivity (Wildman–Crippen MR) is 90.1 cm³/mol. The Morgan fingerprint density at radius 3 is 2.52 bits per heavy atom. The molecule has 0 atom stereocenters. The molecule has 2 N–H and O–H groups in total. The van der Waals surface area contributed by atoms with Crippen molar-refractivity contribution in [3.63, 3.8) is 0 Å². The molecular formula is C15H15FN2O5S2. The number of nitrogens with one attached hydrogen (secondary N) is 2. The number of halogens is 1. The summed E-state index contributed by atoms with van der Waals surface area (Å²) in [7, 11) is -3.64. The van der Waals surface area contributed by atoms with Crippen LogP contribution in [0.1, 0.15) is 6.42 Å². The van der Waals surface area contributed by atoms with Crippen molar-refractivity contribution >= 4 is 38.9 Å². The van der Waals surface area contributed by atoms with Crippen molar-refractivity contribution in [3.8, 4) is 0 Å². The zero-order valence-corrected chi connectivity index (χ0v) is 14.5. The van der Waals surface area contributed by atoms with Gasteiger partial charge in [-0.05, 0) is 35.7 Å². The molecule has 1 aromatic heterocycles. The number of sulfonamides is 1. The van der Waals surface area contributed by atoms with E-state index in [1.54, 1.807) is 11.4 Å². The molecule has 0 aliphatic rings. The number of esters is 1. The van der Waals surface area contributed by atoms with E-state index >= 15 is 0 Å². The van der Waals surface area contributed by atoms with Crippen molar-refractivity contribution in [2.24, 2.45) is 0 Å². The second kappa shape index (κ2) is 8.70. The molecule has 0 aliphatic carbocycles. The Morgan fingerprint density at radius 1 is 1.16 bits per heavy atom. The van der Waals surface area contributed by atoms with Crippen molar-refractivity contribution in [2.75, 3.05) is 18.5 Å². The number of amides is 1. The molecule has 134 valence electrons. The number of benzene rings is 1. The first-order valence-electron chi connectivity index (χ1n) is 7.11. The van der Waals surface area contributed by atoms with Crippen LogP contribution in [0.15, 0.2) is 46.0 Å². The second-order valence-corrected chi connectivity index (χ2v) is 7.74. The SMILES string of the molecule is O=C(COC(=O)CCNS(=O)(=O)c1cccs1)Nc1ccc(F)cc1. The average molecular weight is 386 g/mol. The molecule has 0 aliphatic heterocycles. The maximum absolute atomic E-state index is 12.7. The summed E-state index contributed by atoms with van der Waals surface area (Å²) in [6.07, 6.45) is -0.214. The first-order chi connectivity index (χ1) is 11.9. The molecule has 1 amide bonds. The Hall–Kier alpha value is -2.30. The van der Waals surface area contributed by atoms with Gasteiger partial charge >= 0.3 is 5.97 Å². The van der Waals surface area contributed by atoms with Gasteiger partial charge in [0.25, 0.3) is 5.91 Å². The number of rotatable bonds is 8. The van der Waals surface area contributed by atoms with Crippen LogP contribution in [-0.4, -0.2) is 33.4 Å². The highest BCUT2D eigenvalue weighted by Crippen LogP contribution is 2.15. The molecule has 0 fully saturated rings. The Labute approximate surface area is 147 Å². The molecular weight excluding hydrogens is 371 g/mol. The van der Waals surface area contributed by atoms with Crippen LogP contribution >= 0.6 is 11.3 Å². The Balaban J connectivity index is 1.68. The standard InChI is InChI=1S/C15H15FN2O5S2/c16-11-3-5-12(6-4-11)18-13(19)10-23-14(20)7-8-17-25(21,22)15-2-1-9-24-15/h1-6,9,17H,7-8,10H2,(H,18,19). The topological polar surface area (TPSA) is 102 Å². The Kier molecular flexibility index (Phi) is 6.62. The van der Waals surface area contributed by atoms with E-state index in [0.29, 0.717) is 5.69 Å². The van der Waals surface area contributed by atoms with Crippen LogP contribution in [0, 0.1) is 5.82 Å². The van der Waals surface area contributed by atoms with Gasteiger partial charge in [0.1, 0.15) is 10.0 Å². The maximum Gasteiger partial charge on any atom is 0.307 e. The molecule has 7 nitrogen and oxygen atoms in total. The molecule has 0 unspecified atom stereocenters. The second-order valence-electron chi connectivity index (χ2n) is 4.80. The van der Waals surface area contributed by atoms with Crippen LogP contribution in [0.2, 0.25) is 0 Å². The smallest absolute Gasteiger partial charge is 0.307 e. The quantitative estimate of drug-likeness (QED) is 0.673. The highest BCUT2D eigenvalue weighted by molar-refractivity contribution is 7.91. The number of hydrogen-bond acceptors (Lipinski definition) is 6. The van der Waals surface area contributed by atoms with E-state index in [9.17, 15) is 22.4 Å². The van der Waals surface area contributed by atoms with Gasteiger partial charge < -0.3 is 10.1 Å². The molecule has 1 heterocycles. The van der Waals surface area contributed by atoms with Crippen LogP contribution in [-0.2, 0) is 24.3 Å². The number of carbonyl (C=O) groups is 2. The monoisotopic (exact) mass is 386 g/mol. The highest BCUT2D eigenvalue weighted by Gasteiger charge is 2.15. The molecule has 0 radical (unpaired) electrons.